The van der Waals surface area contributed by atoms with Gasteiger partial charge in [-0.2, -0.15) is 5.26 Å². The summed E-state index contributed by atoms with van der Waals surface area (Å²) < 4.78 is 4.54. The molecule has 40 valence electrons. The third kappa shape index (κ3) is 3.57. The van der Waals surface area contributed by atoms with Gasteiger partial charge in [-0.25, -0.2) is 0 Å². The Morgan fingerprint density at radius 1 is 2.00 bits per heavy atom. The summed E-state index contributed by atoms with van der Waals surface area (Å²) >= 11 is 5.28. The topological polar surface area (TPSA) is 33.0 Å². The first kappa shape index (κ1) is 6.74. The molecule has 1 unspecified atom stereocenters. The molecule has 0 saturated carbocycles. The maximum absolute atomic E-state index is 8.00. The van der Waals surface area contributed by atoms with Gasteiger partial charge in [0.1, 0.15) is 5.38 Å². The molecule has 0 fully saturated rings. The molecule has 0 spiro atoms. The highest BCUT2D eigenvalue weighted by Gasteiger charge is 1.96. The van der Waals surface area contributed by atoms with E-state index in [2.05, 4.69) is 4.74 Å². The number of hydrogen-bond acceptors (Lipinski definition) is 2. The van der Waals surface area contributed by atoms with E-state index in [1.807, 2.05) is 0 Å². The van der Waals surface area contributed by atoms with Gasteiger partial charge >= 0.3 is 0 Å². The average Bonchev–Trinajstić information content (AvgIpc) is 1.68. The quantitative estimate of drug-likeness (QED) is 0.503. The largest absolute Gasteiger partial charge is 0.382 e. The van der Waals surface area contributed by atoms with E-state index in [4.69, 9.17) is 16.9 Å². The summed E-state index contributed by atoms with van der Waals surface area (Å²) in [6, 6.07) is 1.81. The summed E-state index contributed by atoms with van der Waals surface area (Å²) in [5.41, 5.74) is 0. The van der Waals surface area contributed by atoms with Crippen LogP contribution in [-0.4, -0.2) is 19.1 Å². The van der Waals surface area contributed by atoms with Crippen molar-refractivity contribution >= 4 is 11.6 Å². The Morgan fingerprint density at radius 2 is 2.57 bits per heavy atom. The second-order valence-electron chi connectivity index (χ2n) is 1.05. The van der Waals surface area contributed by atoms with Crippen molar-refractivity contribution in [1.29, 1.82) is 5.26 Å². The molecule has 0 aromatic rings. The molecule has 0 aromatic heterocycles. The van der Waals surface area contributed by atoms with Crippen molar-refractivity contribution in [2.45, 2.75) is 5.38 Å². The van der Waals surface area contributed by atoms with E-state index in [-0.39, 0.29) is 0 Å². The van der Waals surface area contributed by atoms with Crippen LogP contribution in [0.2, 0.25) is 0 Å². The maximum Gasteiger partial charge on any atom is 0.143 e. The van der Waals surface area contributed by atoms with Gasteiger partial charge < -0.3 is 4.74 Å². The molecule has 1 atom stereocenters. The lowest BCUT2D eigenvalue weighted by atomic mass is 10.5. The third-order valence-corrected chi connectivity index (χ3v) is 0.677. The highest BCUT2D eigenvalue weighted by molar-refractivity contribution is 6.22. The summed E-state index contributed by atoms with van der Waals surface area (Å²) in [4.78, 5) is 0. The van der Waals surface area contributed by atoms with Crippen molar-refractivity contribution in [2.75, 3.05) is 13.7 Å². The van der Waals surface area contributed by atoms with Crippen molar-refractivity contribution in [3.8, 4) is 6.07 Å². The monoisotopic (exact) mass is 119 g/mol. The molecule has 0 bridgehead atoms. The lowest BCUT2D eigenvalue weighted by molar-refractivity contribution is 0.207. The lowest BCUT2D eigenvalue weighted by Crippen LogP contribution is -2.02. The second-order valence-corrected chi connectivity index (χ2v) is 1.58. The number of hydrogen-bond donors (Lipinski definition) is 0. The molecule has 0 heterocycles. The molecular weight excluding hydrogens is 114 g/mol. The third-order valence-electron chi connectivity index (χ3n) is 0.453. The smallest absolute Gasteiger partial charge is 0.143 e. The number of methoxy groups -OCH3 is 1. The predicted octanol–water partition coefficient (Wildman–Crippen LogP) is 0.764. The van der Waals surface area contributed by atoms with Gasteiger partial charge in [-0.1, -0.05) is 0 Å². The fraction of sp³-hybridized carbons (Fsp3) is 0.750. The van der Waals surface area contributed by atoms with Gasteiger partial charge in [-0.3, -0.25) is 0 Å². The zero-order valence-electron chi connectivity index (χ0n) is 4.02. The minimum absolute atomic E-state index is 0.304. The number of nitriles is 1. The number of alkyl halides is 1. The number of ether oxygens (including phenoxy) is 1. The van der Waals surface area contributed by atoms with Crippen LogP contribution in [0, 0.1) is 11.3 Å². The van der Waals surface area contributed by atoms with Gasteiger partial charge in [0.2, 0.25) is 0 Å². The van der Waals surface area contributed by atoms with Gasteiger partial charge in [0.15, 0.2) is 0 Å². The highest BCUT2D eigenvalue weighted by atomic mass is 35.5. The standard InChI is InChI=1S/C4H6ClNO/c1-7-3-4(5)2-6/h4H,3H2,1H3. The number of halogens is 1. The van der Waals surface area contributed by atoms with Gasteiger partial charge in [-0.15, -0.1) is 11.6 Å². The summed E-state index contributed by atoms with van der Waals surface area (Å²) in [6.07, 6.45) is 0. The van der Waals surface area contributed by atoms with E-state index in [1.165, 1.54) is 7.11 Å². The minimum Gasteiger partial charge on any atom is -0.382 e. The van der Waals surface area contributed by atoms with Crippen molar-refractivity contribution in [2.24, 2.45) is 0 Å². The van der Waals surface area contributed by atoms with Crippen molar-refractivity contribution < 1.29 is 4.74 Å². The lowest BCUT2D eigenvalue weighted by Gasteiger charge is -1.92. The fourth-order valence-corrected chi connectivity index (χ4v) is 0.310. The summed E-state index contributed by atoms with van der Waals surface area (Å²) in [5, 5.41) is 7.51. The minimum atomic E-state index is -0.495. The van der Waals surface area contributed by atoms with E-state index in [0.29, 0.717) is 6.61 Å². The Kier molecular flexibility index (Phi) is 3.77. The average molecular weight is 120 g/mol. The summed E-state index contributed by atoms with van der Waals surface area (Å²) in [7, 11) is 1.51. The van der Waals surface area contributed by atoms with Crippen LogP contribution in [0.5, 0.6) is 0 Å². The molecule has 0 rings (SSSR count). The molecule has 3 heteroatoms. The molecule has 2 nitrogen and oxygen atoms in total. The zero-order valence-corrected chi connectivity index (χ0v) is 4.77. The van der Waals surface area contributed by atoms with Crippen LogP contribution in [-0.2, 0) is 4.74 Å². The SMILES string of the molecule is COCC(Cl)C#N. The van der Waals surface area contributed by atoms with Crippen molar-refractivity contribution in [3.05, 3.63) is 0 Å². The van der Waals surface area contributed by atoms with E-state index in [0.717, 1.165) is 0 Å². The Balaban J connectivity index is 3.04. The Labute approximate surface area is 47.6 Å². The predicted molar refractivity (Wildman–Crippen MR) is 27.1 cm³/mol. The summed E-state index contributed by atoms with van der Waals surface area (Å²) in [6.45, 7) is 0.304. The van der Waals surface area contributed by atoms with Crippen molar-refractivity contribution in [3.63, 3.8) is 0 Å². The molecular formula is C4H6ClNO. The highest BCUT2D eigenvalue weighted by Crippen LogP contribution is 1.90. The first-order valence-corrected chi connectivity index (χ1v) is 2.27. The van der Waals surface area contributed by atoms with Crippen LogP contribution in [0.1, 0.15) is 0 Å². The maximum atomic E-state index is 8.00. The van der Waals surface area contributed by atoms with E-state index >= 15 is 0 Å². The second kappa shape index (κ2) is 3.91. The van der Waals surface area contributed by atoms with E-state index in [9.17, 15) is 0 Å². The van der Waals surface area contributed by atoms with Gasteiger partial charge in [0.25, 0.3) is 0 Å². The molecule has 0 amide bonds. The molecule has 7 heavy (non-hydrogen) atoms. The van der Waals surface area contributed by atoms with Gasteiger partial charge in [0.05, 0.1) is 12.7 Å². The molecule has 0 aliphatic carbocycles. The Hall–Kier alpha value is -0.260. The van der Waals surface area contributed by atoms with Crippen LogP contribution < -0.4 is 0 Å². The Bertz CT molecular complexity index is 78.2. The van der Waals surface area contributed by atoms with Crippen LogP contribution in [0.25, 0.3) is 0 Å². The molecule has 0 saturated heterocycles. The summed E-state index contributed by atoms with van der Waals surface area (Å²) in [5.74, 6) is 0. The first-order chi connectivity index (χ1) is 3.31. The zero-order chi connectivity index (χ0) is 5.70. The molecule has 0 aromatic carbocycles. The van der Waals surface area contributed by atoms with Crippen LogP contribution in [0.15, 0.2) is 0 Å². The van der Waals surface area contributed by atoms with Crippen molar-refractivity contribution in [1.82, 2.24) is 0 Å². The van der Waals surface area contributed by atoms with Crippen LogP contribution in [0.4, 0.5) is 0 Å². The number of nitrogens with zero attached hydrogens (tertiary/aromatic N) is 1. The molecule has 0 N–H and O–H groups in total. The van der Waals surface area contributed by atoms with E-state index in [1.54, 1.807) is 6.07 Å². The molecule has 0 aliphatic heterocycles. The first-order valence-electron chi connectivity index (χ1n) is 1.84. The van der Waals surface area contributed by atoms with Crippen LogP contribution in [0.3, 0.4) is 0 Å². The van der Waals surface area contributed by atoms with Gasteiger partial charge in [0, 0.05) is 7.11 Å². The number of rotatable bonds is 2. The normalized spacial score (nSPS) is 12.7. The molecule has 0 radical (unpaired) electrons. The Morgan fingerprint density at radius 3 is 2.71 bits per heavy atom. The fourth-order valence-electron chi connectivity index (χ4n) is 0.184. The van der Waals surface area contributed by atoms with Gasteiger partial charge in [-0.05, 0) is 0 Å². The molecule has 0 aliphatic rings. The van der Waals surface area contributed by atoms with E-state index < -0.39 is 5.38 Å². The van der Waals surface area contributed by atoms with Crippen LogP contribution >= 0.6 is 11.6 Å².